The SMILES string of the molecule is COC(=O)C1OC(Oc2ccc(C(C)(C)c3ccc(OCc4ccccc4)cc3)cc2)C(O)C(O)C1O. The highest BCUT2D eigenvalue weighted by Crippen LogP contribution is 2.34. The molecule has 8 nitrogen and oxygen atoms in total. The summed E-state index contributed by atoms with van der Waals surface area (Å²) in [4.78, 5) is 11.9. The normalized spacial score (nSPS) is 23.8. The summed E-state index contributed by atoms with van der Waals surface area (Å²) in [5.41, 5.74) is 2.89. The van der Waals surface area contributed by atoms with Gasteiger partial charge in [0.15, 0.2) is 6.10 Å². The van der Waals surface area contributed by atoms with Crippen LogP contribution >= 0.6 is 0 Å². The van der Waals surface area contributed by atoms with E-state index in [9.17, 15) is 20.1 Å². The fourth-order valence-electron chi connectivity index (χ4n) is 4.22. The van der Waals surface area contributed by atoms with Crippen LogP contribution in [0.25, 0.3) is 0 Å². The summed E-state index contributed by atoms with van der Waals surface area (Å²) < 4.78 is 21.6. The molecule has 5 unspecified atom stereocenters. The van der Waals surface area contributed by atoms with Gasteiger partial charge in [-0.25, -0.2) is 4.79 Å². The molecule has 0 amide bonds. The van der Waals surface area contributed by atoms with Crippen molar-refractivity contribution in [2.24, 2.45) is 0 Å². The van der Waals surface area contributed by atoms with Crippen LogP contribution in [0.2, 0.25) is 0 Å². The van der Waals surface area contributed by atoms with Crippen molar-refractivity contribution in [3.8, 4) is 11.5 Å². The zero-order chi connectivity index (χ0) is 26.6. The lowest BCUT2D eigenvalue weighted by Crippen LogP contribution is -2.61. The molecule has 1 fully saturated rings. The highest BCUT2D eigenvalue weighted by atomic mass is 16.7. The number of carbonyl (C=O) groups is 1. The van der Waals surface area contributed by atoms with Crippen LogP contribution in [0, 0.1) is 0 Å². The Morgan fingerprint density at radius 2 is 1.38 bits per heavy atom. The van der Waals surface area contributed by atoms with Crippen molar-refractivity contribution in [3.05, 3.63) is 95.6 Å². The van der Waals surface area contributed by atoms with Crippen LogP contribution in [0.15, 0.2) is 78.9 Å². The van der Waals surface area contributed by atoms with Gasteiger partial charge in [-0.05, 0) is 41.0 Å². The van der Waals surface area contributed by atoms with E-state index in [0.29, 0.717) is 12.4 Å². The quantitative estimate of drug-likeness (QED) is 0.398. The predicted octanol–water partition coefficient (Wildman–Crippen LogP) is 2.95. The molecule has 1 heterocycles. The van der Waals surface area contributed by atoms with E-state index in [2.05, 4.69) is 18.6 Å². The van der Waals surface area contributed by atoms with E-state index in [-0.39, 0.29) is 5.41 Å². The Hall–Kier alpha value is -3.43. The number of hydrogen-bond donors (Lipinski definition) is 3. The first-order chi connectivity index (χ1) is 17.7. The summed E-state index contributed by atoms with van der Waals surface area (Å²) in [6.45, 7) is 4.71. The number of aliphatic hydroxyl groups is 3. The Morgan fingerprint density at radius 1 is 0.811 bits per heavy atom. The first kappa shape index (κ1) is 26.6. The van der Waals surface area contributed by atoms with E-state index in [4.69, 9.17) is 14.2 Å². The van der Waals surface area contributed by atoms with Crippen molar-refractivity contribution < 1.29 is 39.1 Å². The molecule has 0 aromatic heterocycles. The molecule has 0 saturated carbocycles. The molecule has 37 heavy (non-hydrogen) atoms. The molecule has 0 aliphatic carbocycles. The van der Waals surface area contributed by atoms with Crippen molar-refractivity contribution in [1.82, 2.24) is 0 Å². The van der Waals surface area contributed by atoms with Crippen molar-refractivity contribution >= 4 is 5.97 Å². The van der Waals surface area contributed by atoms with Crippen molar-refractivity contribution in [3.63, 3.8) is 0 Å². The second-order valence-electron chi connectivity index (χ2n) is 9.49. The van der Waals surface area contributed by atoms with Gasteiger partial charge in [-0.1, -0.05) is 68.4 Å². The predicted molar refractivity (Wildman–Crippen MR) is 135 cm³/mol. The van der Waals surface area contributed by atoms with E-state index < -0.39 is 36.7 Å². The number of ether oxygens (including phenoxy) is 4. The molecule has 8 heteroatoms. The van der Waals surface area contributed by atoms with Crippen LogP contribution in [0.4, 0.5) is 0 Å². The minimum Gasteiger partial charge on any atom is -0.489 e. The summed E-state index contributed by atoms with van der Waals surface area (Å²) >= 11 is 0. The summed E-state index contributed by atoms with van der Waals surface area (Å²) in [7, 11) is 1.14. The molecule has 0 bridgehead atoms. The molecule has 3 N–H and O–H groups in total. The molecular formula is C29H32O8. The lowest BCUT2D eigenvalue weighted by Gasteiger charge is -2.38. The number of hydrogen-bond acceptors (Lipinski definition) is 8. The Labute approximate surface area is 216 Å². The average Bonchev–Trinajstić information content (AvgIpc) is 2.93. The Bertz CT molecular complexity index is 1160. The molecule has 3 aromatic carbocycles. The molecule has 0 radical (unpaired) electrons. The van der Waals surface area contributed by atoms with Gasteiger partial charge in [0, 0.05) is 5.41 Å². The fraction of sp³-hybridized carbons (Fsp3) is 0.345. The lowest BCUT2D eigenvalue weighted by atomic mass is 9.78. The maximum Gasteiger partial charge on any atom is 0.337 e. The van der Waals surface area contributed by atoms with Crippen LogP contribution in [0.5, 0.6) is 11.5 Å². The van der Waals surface area contributed by atoms with Gasteiger partial charge in [-0.3, -0.25) is 0 Å². The summed E-state index contributed by atoms with van der Waals surface area (Å²) in [5.74, 6) is 0.275. The highest BCUT2D eigenvalue weighted by molar-refractivity contribution is 5.75. The maximum atomic E-state index is 11.9. The zero-order valence-corrected chi connectivity index (χ0v) is 21.0. The third-order valence-electron chi connectivity index (χ3n) is 6.66. The number of rotatable bonds is 8. The maximum absolute atomic E-state index is 11.9. The zero-order valence-electron chi connectivity index (χ0n) is 21.0. The highest BCUT2D eigenvalue weighted by Gasteiger charge is 2.48. The van der Waals surface area contributed by atoms with Crippen LogP contribution in [0.1, 0.15) is 30.5 Å². The van der Waals surface area contributed by atoms with E-state index in [0.717, 1.165) is 29.5 Å². The molecule has 3 aromatic rings. The minimum absolute atomic E-state index is 0.326. The van der Waals surface area contributed by atoms with Crippen LogP contribution in [0.3, 0.4) is 0 Å². The first-order valence-corrected chi connectivity index (χ1v) is 12.0. The van der Waals surface area contributed by atoms with Crippen molar-refractivity contribution in [1.29, 1.82) is 0 Å². The second kappa shape index (κ2) is 11.3. The Kier molecular flexibility index (Phi) is 8.14. The lowest BCUT2D eigenvalue weighted by molar-refractivity contribution is -0.271. The molecule has 1 saturated heterocycles. The topological polar surface area (TPSA) is 115 Å². The standard InChI is InChI=1S/C29H32O8/c1-29(2,19-9-13-21(14-10-19)35-17-18-7-5-4-6-8-18)20-11-15-22(16-12-20)36-28-25(32)23(30)24(31)26(37-28)27(33)34-3/h4-16,23-26,28,30-32H,17H2,1-3H3. The second-order valence-corrected chi connectivity index (χ2v) is 9.49. The fourth-order valence-corrected chi connectivity index (χ4v) is 4.22. The molecule has 196 valence electrons. The number of esters is 1. The molecule has 1 aliphatic heterocycles. The van der Waals surface area contributed by atoms with Crippen LogP contribution < -0.4 is 9.47 Å². The first-order valence-electron chi connectivity index (χ1n) is 12.0. The minimum atomic E-state index is -1.64. The molecular weight excluding hydrogens is 476 g/mol. The van der Waals surface area contributed by atoms with Crippen molar-refractivity contribution in [2.45, 2.75) is 56.6 Å². The number of carbonyl (C=O) groups excluding carboxylic acids is 1. The van der Waals surface area contributed by atoms with Gasteiger partial charge in [-0.2, -0.15) is 0 Å². The average molecular weight is 509 g/mol. The van der Waals surface area contributed by atoms with Crippen LogP contribution in [-0.2, 0) is 26.3 Å². The monoisotopic (exact) mass is 508 g/mol. The number of aliphatic hydroxyl groups excluding tert-OH is 3. The molecule has 4 rings (SSSR count). The van der Waals surface area contributed by atoms with Gasteiger partial charge >= 0.3 is 5.97 Å². The van der Waals surface area contributed by atoms with E-state index in [1.165, 1.54) is 0 Å². The Balaban J connectivity index is 1.41. The number of benzene rings is 3. The molecule has 1 aliphatic rings. The van der Waals surface area contributed by atoms with Gasteiger partial charge in [0.2, 0.25) is 6.29 Å². The van der Waals surface area contributed by atoms with E-state index in [1.807, 2.05) is 66.7 Å². The summed E-state index contributed by atoms with van der Waals surface area (Å²) in [6.07, 6.45) is -7.69. The van der Waals surface area contributed by atoms with E-state index in [1.54, 1.807) is 12.1 Å². The number of methoxy groups -OCH3 is 1. The largest absolute Gasteiger partial charge is 0.489 e. The van der Waals surface area contributed by atoms with Crippen molar-refractivity contribution in [2.75, 3.05) is 7.11 Å². The summed E-state index contributed by atoms with van der Waals surface area (Å²) in [5, 5.41) is 30.4. The molecule has 5 atom stereocenters. The van der Waals surface area contributed by atoms with Gasteiger partial charge < -0.3 is 34.3 Å². The van der Waals surface area contributed by atoms with Gasteiger partial charge in [0.05, 0.1) is 7.11 Å². The third-order valence-corrected chi connectivity index (χ3v) is 6.66. The smallest absolute Gasteiger partial charge is 0.337 e. The molecule has 0 spiro atoms. The third kappa shape index (κ3) is 5.94. The summed E-state index contributed by atoms with van der Waals surface area (Å²) in [6, 6.07) is 25.2. The van der Waals surface area contributed by atoms with Gasteiger partial charge in [0.25, 0.3) is 0 Å². The van der Waals surface area contributed by atoms with Gasteiger partial charge in [0.1, 0.15) is 36.4 Å². The van der Waals surface area contributed by atoms with E-state index >= 15 is 0 Å². The Morgan fingerprint density at radius 3 is 1.95 bits per heavy atom. The van der Waals surface area contributed by atoms with Gasteiger partial charge in [-0.15, -0.1) is 0 Å². The van der Waals surface area contributed by atoms with Crippen LogP contribution in [-0.4, -0.2) is 59.1 Å².